The molecule has 5 heteroatoms. The predicted molar refractivity (Wildman–Crippen MR) is 115 cm³/mol. The Labute approximate surface area is 177 Å². The van der Waals surface area contributed by atoms with Gasteiger partial charge >= 0.3 is 0 Å². The number of methoxy groups -OCH3 is 1. The quantitative estimate of drug-likeness (QED) is 0.469. The van der Waals surface area contributed by atoms with E-state index in [0.717, 1.165) is 19.4 Å². The minimum atomic E-state index is -0.671. The third-order valence-electron chi connectivity index (χ3n) is 4.53. The molecule has 1 radical (unpaired) electrons. The van der Waals surface area contributed by atoms with Gasteiger partial charge in [0.2, 0.25) is 5.91 Å². The van der Waals surface area contributed by atoms with Crippen LogP contribution in [0, 0.1) is 23.2 Å². The second-order valence-corrected chi connectivity index (χ2v) is 6.44. The van der Waals surface area contributed by atoms with Crippen LogP contribution in [0.2, 0.25) is 0 Å². The standard InChI is InChI=1S/C16H31NO3.5CH4.Cu/c1-11(8-9-20-7)12(2)10-14(13(3)18)16(4,5)15(19)17-6;;;;;;/h11-12,14H,8-10H2,1-7H3,(H,17,19);5*1H4;. The average Bonchev–Trinajstić information content (AvgIpc) is 2.39. The Bertz CT molecular complexity index is 333. The summed E-state index contributed by atoms with van der Waals surface area (Å²) in [5.41, 5.74) is -0.671. The number of carbonyl (C=O) groups is 2. The summed E-state index contributed by atoms with van der Waals surface area (Å²) in [6, 6.07) is 0. The van der Waals surface area contributed by atoms with Crippen molar-refractivity contribution >= 4 is 11.7 Å². The van der Waals surface area contributed by atoms with E-state index < -0.39 is 5.41 Å². The number of rotatable bonds is 9. The third kappa shape index (κ3) is 13.8. The van der Waals surface area contributed by atoms with E-state index in [1.165, 1.54) is 0 Å². The van der Waals surface area contributed by atoms with Crippen LogP contribution in [0.25, 0.3) is 0 Å². The van der Waals surface area contributed by atoms with Gasteiger partial charge in [-0.3, -0.25) is 9.59 Å². The molecule has 0 fully saturated rings. The number of hydrogen-bond donors (Lipinski definition) is 1. The van der Waals surface area contributed by atoms with Crippen LogP contribution in [-0.4, -0.2) is 32.5 Å². The molecule has 0 heterocycles. The Kier molecular flexibility index (Phi) is 36.0. The van der Waals surface area contributed by atoms with Crippen molar-refractivity contribution in [1.82, 2.24) is 5.32 Å². The molecule has 3 unspecified atom stereocenters. The number of nitrogens with one attached hydrogen (secondary N) is 1. The van der Waals surface area contributed by atoms with Crippen LogP contribution in [0.5, 0.6) is 0 Å². The molecule has 1 N–H and O–H groups in total. The van der Waals surface area contributed by atoms with Gasteiger partial charge in [0.25, 0.3) is 0 Å². The van der Waals surface area contributed by atoms with Gasteiger partial charge in [0.15, 0.2) is 0 Å². The molecule has 0 saturated heterocycles. The Morgan fingerprint density at radius 3 is 1.73 bits per heavy atom. The third-order valence-corrected chi connectivity index (χ3v) is 4.53. The largest absolute Gasteiger partial charge is 0.385 e. The Balaban J connectivity index is -0.000000120. The molecule has 4 nitrogen and oxygen atoms in total. The van der Waals surface area contributed by atoms with E-state index in [-0.39, 0.29) is 71.8 Å². The molecule has 26 heavy (non-hydrogen) atoms. The van der Waals surface area contributed by atoms with Crippen LogP contribution >= 0.6 is 0 Å². The molecule has 0 bridgehead atoms. The predicted octanol–water partition coefficient (Wildman–Crippen LogP) is 5.84. The van der Waals surface area contributed by atoms with Crippen LogP contribution < -0.4 is 5.32 Å². The van der Waals surface area contributed by atoms with Gasteiger partial charge in [-0.15, -0.1) is 0 Å². The van der Waals surface area contributed by atoms with Crippen LogP contribution in [0.1, 0.15) is 84.6 Å². The molecule has 0 aliphatic rings. The number of Topliss-reactive ketones (excluding diaryl/α,β-unsaturated/α-hetero) is 1. The summed E-state index contributed by atoms with van der Waals surface area (Å²) in [5, 5.41) is 2.67. The van der Waals surface area contributed by atoms with Crippen molar-refractivity contribution in [3.05, 3.63) is 0 Å². The monoisotopic (exact) mass is 428 g/mol. The molecule has 0 rings (SSSR count). The summed E-state index contributed by atoms with van der Waals surface area (Å²) >= 11 is 0. The van der Waals surface area contributed by atoms with Crippen LogP contribution in [-0.2, 0) is 31.4 Å². The molecule has 0 saturated carbocycles. The van der Waals surface area contributed by atoms with E-state index in [1.54, 1.807) is 21.1 Å². The zero-order chi connectivity index (χ0) is 15.9. The van der Waals surface area contributed by atoms with Gasteiger partial charge in [0, 0.05) is 43.8 Å². The molecular weight excluding hydrogens is 378 g/mol. The number of ketones is 1. The van der Waals surface area contributed by atoms with Gasteiger partial charge in [-0.25, -0.2) is 0 Å². The maximum absolute atomic E-state index is 12.0. The van der Waals surface area contributed by atoms with E-state index in [9.17, 15) is 9.59 Å². The van der Waals surface area contributed by atoms with E-state index in [4.69, 9.17) is 4.74 Å². The minimum Gasteiger partial charge on any atom is -0.385 e. The Morgan fingerprint density at radius 2 is 1.42 bits per heavy atom. The fourth-order valence-electron chi connectivity index (χ4n) is 2.64. The molecule has 0 aliphatic heterocycles. The fourth-order valence-corrected chi connectivity index (χ4v) is 2.64. The topological polar surface area (TPSA) is 55.4 Å². The normalized spacial score (nSPS) is 12.6. The summed E-state index contributed by atoms with van der Waals surface area (Å²) in [5.74, 6) is 0.613. The number of hydrogen-bond acceptors (Lipinski definition) is 3. The van der Waals surface area contributed by atoms with E-state index in [0.29, 0.717) is 11.8 Å². The minimum absolute atomic E-state index is 0. The number of carbonyl (C=O) groups excluding carboxylic acids is 2. The summed E-state index contributed by atoms with van der Waals surface area (Å²) in [6.07, 6.45) is 1.71. The van der Waals surface area contributed by atoms with Crippen molar-refractivity contribution in [1.29, 1.82) is 0 Å². The van der Waals surface area contributed by atoms with E-state index >= 15 is 0 Å². The molecule has 0 aromatic rings. The molecule has 0 spiro atoms. The fraction of sp³-hybridized carbons (Fsp3) is 0.905. The summed E-state index contributed by atoms with van der Waals surface area (Å²) in [7, 11) is 3.32. The maximum Gasteiger partial charge on any atom is 0.226 e. The molecule has 0 aromatic heterocycles. The van der Waals surface area contributed by atoms with Gasteiger partial charge in [0.1, 0.15) is 5.78 Å². The molecule has 169 valence electrons. The molecule has 0 aliphatic carbocycles. The van der Waals surface area contributed by atoms with Gasteiger partial charge in [-0.05, 0) is 31.6 Å². The van der Waals surface area contributed by atoms with Gasteiger partial charge < -0.3 is 10.1 Å². The van der Waals surface area contributed by atoms with Crippen molar-refractivity contribution < 1.29 is 31.4 Å². The summed E-state index contributed by atoms with van der Waals surface area (Å²) in [4.78, 5) is 24.0. The van der Waals surface area contributed by atoms with Crippen molar-refractivity contribution in [3.63, 3.8) is 0 Å². The maximum atomic E-state index is 12.0. The van der Waals surface area contributed by atoms with Crippen LogP contribution in [0.4, 0.5) is 0 Å². The second kappa shape index (κ2) is 20.9. The van der Waals surface area contributed by atoms with E-state index in [1.807, 2.05) is 13.8 Å². The zero-order valence-corrected chi connectivity index (χ0v) is 15.3. The van der Waals surface area contributed by atoms with Crippen molar-refractivity contribution in [3.8, 4) is 0 Å². The Morgan fingerprint density at radius 1 is 1.00 bits per heavy atom. The average molecular weight is 429 g/mol. The van der Waals surface area contributed by atoms with Crippen molar-refractivity contribution in [2.45, 2.75) is 84.6 Å². The van der Waals surface area contributed by atoms with Gasteiger partial charge in [-0.2, -0.15) is 0 Å². The van der Waals surface area contributed by atoms with Gasteiger partial charge in [-0.1, -0.05) is 64.8 Å². The first-order chi connectivity index (χ1) is 9.18. The van der Waals surface area contributed by atoms with Crippen molar-refractivity contribution in [2.24, 2.45) is 23.2 Å². The van der Waals surface area contributed by atoms with Crippen LogP contribution in [0.15, 0.2) is 0 Å². The summed E-state index contributed by atoms with van der Waals surface area (Å²) in [6.45, 7) is 10.3. The second-order valence-electron chi connectivity index (χ2n) is 6.44. The summed E-state index contributed by atoms with van der Waals surface area (Å²) < 4.78 is 5.11. The van der Waals surface area contributed by atoms with Gasteiger partial charge in [0.05, 0.1) is 5.41 Å². The number of amides is 1. The zero-order valence-electron chi connectivity index (χ0n) is 14.4. The number of ether oxygens (including phenoxy) is 1. The van der Waals surface area contributed by atoms with Crippen molar-refractivity contribution in [2.75, 3.05) is 20.8 Å². The van der Waals surface area contributed by atoms with E-state index in [2.05, 4.69) is 19.2 Å². The SMILES string of the molecule is C.C.C.C.C.CNC(=O)C(C)(C)C(CC(C)C(C)CCOC)C(C)=O.[Cu]. The first-order valence-electron chi connectivity index (χ1n) is 7.40. The smallest absolute Gasteiger partial charge is 0.226 e. The molecule has 0 aromatic carbocycles. The molecule has 1 amide bonds. The first-order valence-corrected chi connectivity index (χ1v) is 7.40. The molecule has 3 atom stereocenters. The Hall–Kier alpha value is -0.381. The molecular formula is C21H51CuNO3. The first kappa shape index (κ1) is 44.8. The van der Waals surface area contributed by atoms with Crippen LogP contribution in [0.3, 0.4) is 0 Å².